The van der Waals surface area contributed by atoms with Gasteiger partial charge in [0.05, 0.1) is 22.6 Å². The molecule has 4 heteroatoms. The predicted molar refractivity (Wildman–Crippen MR) is 133 cm³/mol. The molecule has 1 aliphatic heterocycles. The van der Waals surface area contributed by atoms with Gasteiger partial charge in [0.15, 0.2) is 6.23 Å². The number of aromatic nitrogens is 2. The van der Waals surface area contributed by atoms with Crippen LogP contribution in [0, 0.1) is 0 Å². The molecule has 1 aliphatic carbocycles. The Balaban J connectivity index is 1.49. The Morgan fingerprint density at radius 3 is 2.24 bits per heavy atom. The Kier molecular flexibility index (Phi) is 5.11. The highest BCUT2D eigenvalue weighted by molar-refractivity contribution is 6.14. The third-order valence-corrected chi connectivity index (χ3v) is 7.03. The highest BCUT2D eigenvalue weighted by atomic mass is 16.5. The van der Waals surface area contributed by atoms with E-state index in [0.29, 0.717) is 0 Å². The van der Waals surface area contributed by atoms with E-state index in [9.17, 15) is 0 Å². The highest BCUT2D eigenvalue weighted by Gasteiger charge is 2.43. The maximum Gasteiger partial charge on any atom is 0.150 e. The van der Waals surface area contributed by atoms with E-state index in [4.69, 9.17) is 14.8 Å². The first-order chi connectivity index (χ1) is 16.2. The lowest BCUT2D eigenvalue weighted by Gasteiger charge is -2.23. The summed E-state index contributed by atoms with van der Waals surface area (Å²) in [6.07, 6.45) is 5.78. The van der Waals surface area contributed by atoms with Crippen molar-refractivity contribution >= 4 is 22.3 Å². The largest absolute Gasteiger partial charge is 0.356 e. The van der Waals surface area contributed by atoms with Crippen molar-refractivity contribution in [2.24, 2.45) is 4.99 Å². The summed E-state index contributed by atoms with van der Waals surface area (Å²) in [5.41, 5.74) is 6.70. The fourth-order valence-corrected chi connectivity index (χ4v) is 4.82. The Morgan fingerprint density at radius 2 is 1.64 bits per heavy atom. The first-order valence-electron chi connectivity index (χ1n) is 12.1. The van der Waals surface area contributed by atoms with E-state index in [2.05, 4.69) is 78.3 Å². The molecule has 0 radical (unpaired) electrons. The zero-order valence-electron chi connectivity index (χ0n) is 19.1. The average Bonchev–Trinajstić information content (AvgIpc) is 3.51. The van der Waals surface area contributed by atoms with Gasteiger partial charge in [0.25, 0.3) is 0 Å². The minimum atomic E-state index is 0.0379. The van der Waals surface area contributed by atoms with E-state index in [1.807, 2.05) is 12.1 Å². The lowest BCUT2D eigenvalue weighted by Crippen LogP contribution is -2.19. The minimum absolute atomic E-state index is 0.0379. The summed E-state index contributed by atoms with van der Waals surface area (Å²) in [6, 6.07) is 27.4. The topological polar surface area (TPSA) is 39.4 Å². The summed E-state index contributed by atoms with van der Waals surface area (Å²) >= 11 is 0. The van der Waals surface area contributed by atoms with Gasteiger partial charge in [-0.05, 0) is 50.3 Å². The molecule has 4 nitrogen and oxygen atoms in total. The number of aliphatic imine (C=N–C) groups is 1. The van der Waals surface area contributed by atoms with Crippen molar-refractivity contribution in [1.29, 1.82) is 0 Å². The molecule has 2 aliphatic rings. The summed E-state index contributed by atoms with van der Waals surface area (Å²) < 4.78 is 8.24. The maximum absolute atomic E-state index is 6.10. The molecule has 1 saturated carbocycles. The Bertz CT molecular complexity index is 1260. The van der Waals surface area contributed by atoms with Crippen molar-refractivity contribution in [1.82, 2.24) is 9.78 Å². The van der Waals surface area contributed by atoms with Crippen LogP contribution in [0.1, 0.15) is 62.1 Å². The monoisotopic (exact) mass is 435 g/mol. The molecule has 2 heterocycles. The first-order valence-corrected chi connectivity index (χ1v) is 12.1. The van der Waals surface area contributed by atoms with Crippen LogP contribution in [0.5, 0.6) is 0 Å². The number of ether oxygens (including phenoxy) is 1. The van der Waals surface area contributed by atoms with Crippen LogP contribution in [0.3, 0.4) is 0 Å². The fraction of sp³-hybridized carbons (Fsp3) is 0.310. The van der Waals surface area contributed by atoms with E-state index in [-0.39, 0.29) is 11.6 Å². The van der Waals surface area contributed by atoms with Crippen LogP contribution in [-0.2, 0) is 10.2 Å². The van der Waals surface area contributed by atoms with Crippen LogP contribution >= 0.6 is 0 Å². The standard InChI is InChI=1S/C29H29N3O/c1-29(17-18-29)28-24-20-23(15-16-25(24)32(31-28)26-14-8-9-19-33-26)30-27(21-10-4-2-5-11-21)22-12-6-3-7-13-22/h2-7,10-13,15-16,20,26H,8-9,14,17-19H2,1H3. The third kappa shape index (κ3) is 3.89. The minimum Gasteiger partial charge on any atom is -0.356 e. The van der Waals surface area contributed by atoms with Crippen molar-refractivity contribution in [3.63, 3.8) is 0 Å². The normalized spacial score (nSPS) is 19.4. The molecule has 6 rings (SSSR count). The molecule has 2 fully saturated rings. The van der Waals surface area contributed by atoms with E-state index in [0.717, 1.165) is 47.5 Å². The molecule has 4 aromatic rings. The number of rotatable bonds is 5. The highest BCUT2D eigenvalue weighted by Crippen LogP contribution is 2.50. The van der Waals surface area contributed by atoms with Gasteiger partial charge in [-0.2, -0.15) is 5.10 Å². The van der Waals surface area contributed by atoms with Gasteiger partial charge in [-0.15, -0.1) is 0 Å². The zero-order chi connectivity index (χ0) is 22.3. The second-order valence-corrected chi connectivity index (χ2v) is 9.57. The molecule has 33 heavy (non-hydrogen) atoms. The number of hydrogen-bond donors (Lipinski definition) is 0. The quantitative estimate of drug-likeness (QED) is 0.318. The van der Waals surface area contributed by atoms with Crippen molar-refractivity contribution in [3.8, 4) is 0 Å². The molecular formula is C29H29N3O. The molecule has 0 N–H and O–H groups in total. The number of nitrogens with zero attached hydrogens (tertiary/aromatic N) is 3. The van der Waals surface area contributed by atoms with Gasteiger partial charge < -0.3 is 4.74 Å². The van der Waals surface area contributed by atoms with Gasteiger partial charge in [0, 0.05) is 28.5 Å². The van der Waals surface area contributed by atoms with Crippen LogP contribution in [-0.4, -0.2) is 22.1 Å². The van der Waals surface area contributed by atoms with Crippen LogP contribution in [0.15, 0.2) is 83.9 Å². The molecule has 0 spiro atoms. The molecular weight excluding hydrogens is 406 g/mol. The Labute approximate surface area is 194 Å². The summed E-state index contributed by atoms with van der Waals surface area (Å²) in [5.74, 6) is 0. The lowest BCUT2D eigenvalue weighted by molar-refractivity contribution is -0.0369. The zero-order valence-corrected chi connectivity index (χ0v) is 19.1. The average molecular weight is 436 g/mol. The van der Waals surface area contributed by atoms with Crippen LogP contribution in [0.25, 0.3) is 10.9 Å². The number of hydrogen-bond acceptors (Lipinski definition) is 3. The maximum atomic E-state index is 6.10. The van der Waals surface area contributed by atoms with Crippen molar-refractivity contribution in [2.75, 3.05) is 6.61 Å². The van der Waals surface area contributed by atoms with Crippen molar-refractivity contribution in [2.45, 2.75) is 50.7 Å². The van der Waals surface area contributed by atoms with Gasteiger partial charge in [-0.3, -0.25) is 0 Å². The summed E-state index contributed by atoms with van der Waals surface area (Å²) in [4.78, 5) is 5.16. The van der Waals surface area contributed by atoms with Crippen LogP contribution < -0.4 is 0 Å². The van der Waals surface area contributed by atoms with Gasteiger partial charge in [0.2, 0.25) is 0 Å². The van der Waals surface area contributed by atoms with Gasteiger partial charge >= 0.3 is 0 Å². The van der Waals surface area contributed by atoms with Crippen molar-refractivity contribution < 1.29 is 4.74 Å². The molecule has 1 saturated heterocycles. The smallest absolute Gasteiger partial charge is 0.150 e. The Morgan fingerprint density at radius 1 is 0.939 bits per heavy atom. The molecule has 166 valence electrons. The van der Waals surface area contributed by atoms with Gasteiger partial charge in [-0.25, -0.2) is 9.67 Å². The summed E-state index contributed by atoms with van der Waals surface area (Å²) in [7, 11) is 0. The molecule has 0 amide bonds. The lowest BCUT2D eigenvalue weighted by atomic mass is 10.0. The predicted octanol–water partition coefficient (Wildman–Crippen LogP) is 6.96. The van der Waals surface area contributed by atoms with Gasteiger partial charge in [0.1, 0.15) is 0 Å². The second-order valence-electron chi connectivity index (χ2n) is 9.57. The van der Waals surface area contributed by atoms with Crippen LogP contribution in [0.2, 0.25) is 0 Å². The summed E-state index contributed by atoms with van der Waals surface area (Å²) in [5, 5.41) is 6.34. The second kappa shape index (κ2) is 8.27. The molecule has 0 bridgehead atoms. The van der Waals surface area contributed by atoms with E-state index in [1.165, 1.54) is 30.3 Å². The molecule has 3 aromatic carbocycles. The van der Waals surface area contributed by atoms with Crippen molar-refractivity contribution in [3.05, 3.63) is 95.7 Å². The van der Waals surface area contributed by atoms with E-state index in [1.54, 1.807) is 0 Å². The molecule has 1 unspecified atom stereocenters. The summed E-state index contributed by atoms with van der Waals surface area (Å²) in [6.45, 7) is 3.15. The molecule has 1 atom stereocenters. The third-order valence-electron chi connectivity index (χ3n) is 7.03. The molecule has 1 aromatic heterocycles. The SMILES string of the molecule is CC1(c2nn(C3CCCCO3)c3ccc(N=C(c4ccccc4)c4ccccc4)cc23)CC1. The van der Waals surface area contributed by atoms with Gasteiger partial charge in [-0.1, -0.05) is 67.6 Å². The fourth-order valence-electron chi connectivity index (χ4n) is 4.82. The van der Waals surface area contributed by atoms with E-state index >= 15 is 0 Å². The number of fused-ring (bicyclic) bond motifs is 1. The number of benzene rings is 3. The Hall–Kier alpha value is -3.24. The first kappa shape index (κ1) is 20.4. The van der Waals surface area contributed by atoms with Crippen LogP contribution in [0.4, 0.5) is 5.69 Å². The van der Waals surface area contributed by atoms with E-state index < -0.39 is 0 Å².